The first-order valence-corrected chi connectivity index (χ1v) is 9.60. The van der Waals surface area contributed by atoms with Gasteiger partial charge in [0.2, 0.25) is 0 Å². The first-order chi connectivity index (χ1) is 12.5. The van der Waals surface area contributed by atoms with Crippen LogP contribution in [-0.4, -0.2) is 64.7 Å². The number of likely N-dealkylation sites (tertiary alicyclic amines) is 1. The molecule has 2 aliphatic rings. The number of carbonyl (C=O) groups is 1. The first-order valence-electron chi connectivity index (χ1n) is 9.60. The number of hydrogen-bond acceptors (Lipinski definition) is 3. The number of phenolic OH excluding ortho intramolecular Hbond substituents is 1. The lowest BCUT2D eigenvalue weighted by Crippen LogP contribution is -2.56. The molecule has 0 radical (unpaired) electrons. The van der Waals surface area contributed by atoms with Crippen LogP contribution in [0.4, 0.5) is 4.79 Å². The Labute approximate surface area is 154 Å². The van der Waals surface area contributed by atoms with E-state index in [9.17, 15) is 9.90 Å². The number of urea groups is 1. The Morgan fingerprint density at radius 3 is 2.88 bits per heavy atom. The molecule has 1 aromatic carbocycles. The Kier molecular flexibility index (Phi) is 4.31. The summed E-state index contributed by atoms with van der Waals surface area (Å²) in [5.74, 6) is 0.597. The van der Waals surface area contributed by atoms with Gasteiger partial charge >= 0.3 is 6.03 Å². The molecular formula is C20H28N4O2. The fourth-order valence-electron chi connectivity index (χ4n) is 4.89. The second kappa shape index (κ2) is 6.50. The summed E-state index contributed by atoms with van der Waals surface area (Å²) in [7, 11) is 2.13. The Balaban J connectivity index is 1.64. The van der Waals surface area contributed by atoms with E-state index in [-0.39, 0.29) is 18.0 Å². The largest absolute Gasteiger partial charge is 0.508 e. The lowest BCUT2D eigenvalue weighted by atomic mass is 9.73. The molecule has 2 aromatic rings. The van der Waals surface area contributed by atoms with Gasteiger partial charge in [-0.25, -0.2) is 4.79 Å². The average Bonchev–Trinajstić information content (AvgIpc) is 3.02. The minimum Gasteiger partial charge on any atom is -0.508 e. The molecule has 0 spiro atoms. The second-order valence-corrected chi connectivity index (χ2v) is 7.61. The summed E-state index contributed by atoms with van der Waals surface area (Å²) in [6.45, 7) is 6.26. The van der Waals surface area contributed by atoms with Gasteiger partial charge in [-0.1, -0.05) is 0 Å². The van der Waals surface area contributed by atoms with Gasteiger partial charge in [0, 0.05) is 60.3 Å². The molecule has 2 amide bonds. The molecule has 4 rings (SSSR count). The Hall–Kier alpha value is -2.21. The number of benzene rings is 1. The van der Waals surface area contributed by atoms with E-state index in [0.717, 1.165) is 30.5 Å². The summed E-state index contributed by atoms with van der Waals surface area (Å²) < 4.78 is 0. The smallest absolute Gasteiger partial charge is 0.317 e. The Morgan fingerprint density at radius 2 is 2.15 bits per heavy atom. The fraction of sp³-hybridized carbons (Fsp3) is 0.550. The third kappa shape index (κ3) is 2.63. The van der Waals surface area contributed by atoms with E-state index in [2.05, 4.69) is 28.4 Å². The Bertz CT molecular complexity index is 827. The molecule has 1 aliphatic carbocycles. The maximum absolute atomic E-state index is 12.5. The predicted molar refractivity (Wildman–Crippen MR) is 103 cm³/mol. The highest BCUT2D eigenvalue weighted by Gasteiger charge is 2.41. The highest BCUT2D eigenvalue weighted by molar-refractivity contribution is 5.90. The van der Waals surface area contributed by atoms with Gasteiger partial charge in [0.15, 0.2) is 0 Å². The van der Waals surface area contributed by atoms with Crippen molar-refractivity contribution in [3.63, 3.8) is 0 Å². The SMILES string of the molecule is CCN(CC)C(=O)N[C@H]1CC2c3c(O)ccc4[nH]cc(c34)C[C@H]2N(C)C1. The molecule has 140 valence electrons. The number of amides is 2. The third-order valence-corrected chi connectivity index (χ3v) is 6.20. The zero-order chi connectivity index (χ0) is 18.4. The van der Waals surface area contributed by atoms with Crippen LogP contribution in [0.5, 0.6) is 5.75 Å². The quantitative estimate of drug-likeness (QED) is 0.792. The van der Waals surface area contributed by atoms with Crippen LogP contribution in [0.3, 0.4) is 0 Å². The van der Waals surface area contributed by atoms with Crippen LogP contribution in [0, 0.1) is 0 Å². The number of nitrogens with one attached hydrogen (secondary N) is 2. The van der Waals surface area contributed by atoms with Gasteiger partial charge in [0.05, 0.1) is 0 Å². The number of hydrogen-bond donors (Lipinski definition) is 3. The van der Waals surface area contributed by atoms with Gasteiger partial charge in [-0.05, 0) is 51.4 Å². The molecule has 3 N–H and O–H groups in total. The van der Waals surface area contributed by atoms with E-state index in [4.69, 9.17) is 0 Å². The van der Waals surface area contributed by atoms with Crippen LogP contribution in [-0.2, 0) is 6.42 Å². The molecule has 1 saturated heterocycles. The summed E-state index contributed by atoms with van der Waals surface area (Å²) in [6, 6.07) is 4.19. The molecule has 1 fully saturated rings. The number of likely N-dealkylation sites (N-methyl/N-ethyl adjacent to an activating group) is 1. The summed E-state index contributed by atoms with van der Waals surface area (Å²) in [5, 5.41) is 15.0. The van der Waals surface area contributed by atoms with Crippen LogP contribution >= 0.6 is 0 Å². The van der Waals surface area contributed by atoms with E-state index in [1.54, 1.807) is 6.07 Å². The van der Waals surface area contributed by atoms with Crippen molar-refractivity contribution >= 4 is 16.9 Å². The highest BCUT2D eigenvalue weighted by Crippen LogP contribution is 2.46. The van der Waals surface area contributed by atoms with E-state index >= 15 is 0 Å². The lowest BCUT2D eigenvalue weighted by molar-refractivity contribution is 0.123. The van der Waals surface area contributed by atoms with Crippen LogP contribution in [0.2, 0.25) is 0 Å². The van der Waals surface area contributed by atoms with Crippen molar-refractivity contribution in [1.29, 1.82) is 0 Å². The molecule has 0 saturated carbocycles. The molecule has 6 nitrogen and oxygen atoms in total. The number of phenols is 1. The molecular weight excluding hydrogens is 328 g/mol. The van der Waals surface area contributed by atoms with E-state index in [1.807, 2.05) is 24.8 Å². The van der Waals surface area contributed by atoms with Gasteiger partial charge < -0.3 is 25.2 Å². The van der Waals surface area contributed by atoms with E-state index < -0.39 is 0 Å². The number of nitrogens with zero attached hydrogens (tertiary/aromatic N) is 2. The average molecular weight is 356 g/mol. The van der Waals surface area contributed by atoms with Crippen LogP contribution in [0.1, 0.15) is 37.3 Å². The normalized spacial score (nSPS) is 25.1. The molecule has 1 unspecified atom stereocenters. The minimum absolute atomic E-state index is 0.00687. The molecule has 6 heteroatoms. The molecule has 1 aromatic heterocycles. The van der Waals surface area contributed by atoms with E-state index in [0.29, 0.717) is 24.9 Å². The molecule has 2 heterocycles. The summed E-state index contributed by atoms with van der Waals surface area (Å²) in [5.41, 5.74) is 3.41. The van der Waals surface area contributed by atoms with Crippen molar-refractivity contribution in [3.05, 3.63) is 29.5 Å². The molecule has 0 bridgehead atoms. The third-order valence-electron chi connectivity index (χ3n) is 6.20. The number of piperidine rings is 1. The number of H-pyrrole nitrogens is 1. The molecule has 3 atom stereocenters. The van der Waals surface area contributed by atoms with Crippen molar-refractivity contribution in [2.75, 3.05) is 26.7 Å². The Morgan fingerprint density at radius 1 is 1.38 bits per heavy atom. The minimum atomic E-state index is 0.00687. The van der Waals surface area contributed by atoms with Gasteiger partial charge in [-0.3, -0.25) is 0 Å². The van der Waals surface area contributed by atoms with Crippen LogP contribution in [0.25, 0.3) is 10.9 Å². The van der Waals surface area contributed by atoms with Crippen LogP contribution in [0.15, 0.2) is 18.3 Å². The molecule has 1 aliphatic heterocycles. The van der Waals surface area contributed by atoms with Crippen molar-refractivity contribution < 1.29 is 9.90 Å². The summed E-state index contributed by atoms with van der Waals surface area (Å²) in [6.07, 6.45) is 3.92. The maximum atomic E-state index is 12.5. The standard InChI is InChI=1S/C20H28N4O2/c1-4-24(5-2)20(26)22-13-9-14-16(23(3)11-13)8-12-10-21-15-6-7-17(25)19(14)18(12)15/h6-7,10,13-14,16,21,25H,4-5,8-9,11H2,1-3H3,(H,22,26)/t13-,14?,16+/m0/s1. The van der Waals surface area contributed by atoms with Crippen LogP contribution < -0.4 is 5.32 Å². The first kappa shape index (κ1) is 17.2. The van der Waals surface area contributed by atoms with Gasteiger partial charge in [-0.2, -0.15) is 0 Å². The fourth-order valence-corrected chi connectivity index (χ4v) is 4.89. The number of aromatic amines is 1. The summed E-state index contributed by atoms with van der Waals surface area (Å²) in [4.78, 5) is 20.0. The van der Waals surface area contributed by atoms with Crippen molar-refractivity contribution in [2.45, 2.75) is 44.7 Å². The number of fused-ring (bicyclic) bond motifs is 2. The zero-order valence-electron chi connectivity index (χ0n) is 15.7. The number of aromatic hydroxyl groups is 1. The van der Waals surface area contributed by atoms with Gasteiger partial charge in [0.1, 0.15) is 5.75 Å². The number of rotatable bonds is 3. The van der Waals surface area contributed by atoms with Crippen molar-refractivity contribution in [3.8, 4) is 5.75 Å². The topological polar surface area (TPSA) is 71.6 Å². The van der Waals surface area contributed by atoms with E-state index in [1.165, 1.54) is 10.9 Å². The molecule has 26 heavy (non-hydrogen) atoms. The van der Waals surface area contributed by atoms with Gasteiger partial charge in [0.25, 0.3) is 0 Å². The monoisotopic (exact) mass is 356 g/mol. The zero-order valence-corrected chi connectivity index (χ0v) is 15.7. The second-order valence-electron chi connectivity index (χ2n) is 7.61. The maximum Gasteiger partial charge on any atom is 0.317 e. The van der Waals surface area contributed by atoms with Crippen molar-refractivity contribution in [2.24, 2.45) is 0 Å². The van der Waals surface area contributed by atoms with Gasteiger partial charge in [-0.15, -0.1) is 0 Å². The predicted octanol–water partition coefficient (Wildman–Crippen LogP) is 2.64. The number of carbonyl (C=O) groups excluding carboxylic acids is 1. The van der Waals surface area contributed by atoms with Crippen molar-refractivity contribution in [1.82, 2.24) is 20.1 Å². The lowest BCUT2D eigenvalue weighted by Gasteiger charge is -2.46. The number of aromatic nitrogens is 1. The highest BCUT2D eigenvalue weighted by atomic mass is 16.3. The summed E-state index contributed by atoms with van der Waals surface area (Å²) >= 11 is 0.